The molecule has 106 valence electrons. The Bertz CT molecular complexity index is 905. The van der Waals surface area contributed by atoms with Crippen LogP contribution in [0.25, 0.3) is 10.8 Å². The summed E-state index contributed by atoms with van der Waals surface area (Å²) in [7, 11) is -4.07. The highest BCUT2D eigenvalue weighted by molar-refractivity contribution is 7.92. The van der Waals surface area contributed by atoms with Gasteiger partial charge in [-0.3, -0.25) is 4.72 Å². The molecule has 0 aliphatic rings. The SMILES string of the molecule is O=S(=O)(Nc1cccc2ccccc12)c1ncccc1F. The van der Waals surface area contributed by atoms with Crippen molar-refractivity contribution in [1.82, 2.24) is 4.98 Å². The number of sulfonamides is 1. The van der Waals surface area contributed by atoms with Crippen molar-refractivity contribution < 1.29 is 12.8 Å². The Morgan fingerprint density at radius 3 is 2.52 bits per heavy atom. The summed E-state index contributed by atoms with van der Waals surface area (Å²) in [5, 5.41) is 1.01. The predicted octanol–water partition coefficient (Wildman–Crippen LogP) is 3.17. The van der Waals surface area contributed by atoms with E-state index in [4.69, 9.17) is 0 Å². The Balaban J connectivity index is 2.08. The van der Waals surface area contributed by atoms with Gasteiger partial charge in [-0.05, 0) is 23.6 Å². The molecular weight excluding hydrogens is 291 g/mol. The van der Waals surface area contributed by atoms with Crippen molar-refractivity contribution in [2.24, 2.45) is 0 Å². The highest BCUT2D eigenvalue weighted by Gasteiger charge is 2.21. The van der Waals surface area contributed by atoms with Crippen molar-refractivity contribution in [3.05, 3.63) is 66.6 Å². The van der Waals surface area contributed by atoms with Gasteiger partial charge in [0.15, 0.2) is 5.82 Å². The molecule has 3 aromatic rings. The van der Waals surface area contributed by atoms with Crippen LogP contribution in [0, 0.1) is 5.82 Å². The number of aromatic nitrogens is 1. The molecule has 0 amide bonds. The average molecular weight is 302 g/mol. The van der Waals surface area contributed by atoms with E-state index in [1.54, 1.807) is 18.2 Å². The van der Waals surface area contributed by atoms with Gasteiger partial charge in [0.25, 0.3) is 10.0 Å². The molecule has 0 aliphatic carbocycles. The minimum Gasteiger partial charge on any atom is -0.278 e. The number of halogens is 1. The Morgan fingerprint density at radius 1 is 0.952 bits per heavy atom. The van der Waals surface area contributed by atoms with E-state index in [9.17, 15) is 12.8 Å². The highest BCUT2D eigenvalue weighted by Crippen LogP contribution is 2.25. The van der Waals surface area contributed by atoms with Gasteiger partial charge in [0, 0.05) is 11.6 Å². The smallest absolute Gasteiger partial charge is 0.278 e. The summed E-state index contributed by atoms with van der Waals surface area (Å²) in [5.41, 5.74) is 0.387. The van der Waals surface area contributed by atoms with Crippen LogP contribution >= 0.6 is 0 Å². The third-order valence-electron chi connectivity index (χ3n) is 3.01. The third kappa shape index (κ3) is 2.57. The second-order valence-electron chi connectivity index (χ2n) is 4.42. The van der Waals surface area contributed by atoms with Crippen molar-refractivity contribution in [1.29, 1.82) is 0 Å². The summed E-state index contributed by atoms with van der Waals surface area (Å²) in [6.45, 7) is 0. The number of fused-ring (bicyclic) bond motifs is 1. The first kappa shape index (κ1) is 13.5. The van der Waals surface area contributed by atoms with Crippen LogP contribution < -0.4 is 4.72 Å². The molecule has 0 fully saturated rings. The summed E-state index contributed by atoms with van der Waals surface area (Å²) in [4.78, 5) is 3.60. The molecule has 0 atom stereocenters. The normalized spacial score (nSPS) is 11.5. The molecule has 0 saturated heterocycles. The first-order valence-corrected chi connectivity index (χ1v) is 7.67. The van der Waals surface area contributed by atoms with Gasteiger partial charge in [0.05, 0.1) is 5.69 Å². The quantitative estimate of drug-likeness (QED) is 0.808. The zero-order chi connectivity index (χ0) is 14.9. The van der Waals surface area contributed by atoms with Crippen LogP contribution in [0.5, 0.6) is 0 Å². The Labute approximate surface area is 121 Å². The Morgan fingerprint density at radius 2 is 1.71 bits per heavy atom. The fourth-order valence-electron chi connectivity index (χ4n) is 2.08. The maximum Gasteiger partial charge on any atom is 0.282 e. The van der Waals surface area contributed by atoms with Crippen molar-refractivity contribution in [3.8, 4) is 0 Å². The van der Waals surface area contributed by atoms with Crippen LogP contribution in [0.15, 0.2) is 65.8 Å². The molecule has 0 unspecified atom stereocenters. The van der Waals surface area contributed by atoms with Crippen molar-refractivity contribution in [3.63, 3.8) is 0 Å². The van der Waals surface area contributed by atoms with Crippen molar-refractivity contribution in [2.75, 3.05) is 4.72 Å². The predicted molar refractivity (Wildman–Crippen MR) is 79.0 cm³/mol. The largest absolute Gasteiger partial charge is 0.282 e. The molecule has 0 radical (unpaired) electrons. The van der Waals surface area contributed by atoms with Crippen LogP contribution in [-0.4, -0.2) is 13.4 Å². The molecule has 1 heterocycles. The molecule has 3 rings (SSSR count). The van der Waals surface area contributed by atoms with E-state index in [2.05, 4.69) is 9.71 Å². The average Bonchev–Trinajstić information content (AvgIpc) is 2.47. The zero-order valence-corrected chi connectivity index (χ0v) is 11.6. The monoisotopic (exact) mass is 302 g/mol. The van der Waals surface area contributed by atoms with E-state index in [1.165, 1.54) is 12.3 Å². The lowest BCUT2D eigenvalue weighted by Crippen LogP contribution is -2.16. The minimum atomic E-state index is -4.07. The van der Waals surface area contributed by atoms with Gasteiger partial charge < -0.3 is 0 Å². The van der Waals surface area contributed by atoms with E-state index in [0.717, 1.165) is 16.8 Å². The Hall–Kier alpha value is -2.47. The molecular formula is C15H11FN2O2S. The number of rotatable bonds is 3. The van der Waals surface area contributed by atoms with Gasteiger partial charge in [-0.25, -0.2) is 9.37 Å². The Kier molecular flexibility index (Phi) is 3.31. The first-order chi connectivity index (χ1) is 10.1. The standard InChI is InChI=1S/C15H11FN2O2S/c16-13-8-4-10-17-15(13)21(19,20)18-14-9-3-6-11-5-1-2-7-12(11)14/h1-10,18H. The molecule has 1 N–H and O–H groups in total. The lowest BCUT2D eigenvalue weighted by atomic mass is 10.1. The van der Waals surface area contributed by atoms with E-state index >= 15 is 0 Å². The number of benzene rings is 2. The number of anilines is 1. The van der Waals surface area contributed by atoms with Crippen LogP contribution in [0.3, 0.4) is 0 Å². The lowest BCUT2D eigenvalue weighted by Gasteiger charge is -2.10. The molecule has 6 heteroatoms. The minimum absolute atomic E-state index is 0.387. The molecule has 0 spiro atoms. The van der Waals surface area contributed by atoms with Gasteiger partial charge in [-0.15, -0.1) is 0 Å². The summed E-state index contributed by atoms with van der Waals surface area (Å²) < 4.78 is 40.5. The van der Waals surface area contributed by atoms with E-state index < -0.39 is 20.9 Å². The zero-order valence-electron chi connectivity index (χ0n) is 10.8. The summed E-state index contributed by atoms with van der Waals surface area (Å²) >= 11 is 0. The molecule has 21 heavy (non-hydrogen) atoms. The number of hydrogen-bond acceptors (Lipinski definition) is 3. The van der Waals surface area contributed by atoms with Crippen LogP contribution in [-0.2, 0) is 10.0 Å². The van der Waals surface area contributed by atoms with E-state index in [1.807, 2.05) is 24.3 Å². The van der Waals surface area contributed by atoms with Crippen LogP contribution in [0.2, 0.25) is 0 Å². The molecule has 0 bridgehead atoms. The van der Waals surface area contributed by atoms with Gasteiger partial charge >= 0.3 is 0 Å². The summed E-state index contributed by atoms with van der Waals surface area (Å²) in [6, 6.07) is 15.0. The fraction of sp³-hybridized carbons (Fsp3) is 0. The first-order valence-electron chi connectivity index (χ1n) is 6.19. The molecule has 1 aromatic heterocycles. The number of nitrogens with zero attached hydrogens (tertiary/aromatic N) is 1. The molecule has 0 saturated carbocycles. The van der Waals surface area contributed by atoms with Crippen molar-refractivity contribution >= 4 is 26.5 Å². The lowest BCUT2D eigenvalue weighted by molar-refractivity contribution is 0.557. The van der Waals surface area contributed by atoms with E-state index in [-0.39, 0.29) is 0 Å². The highest BCUT2D eigenvalue weighted by atomic mass is 32.2. The number of pyridine rings is 1. The summed E-state index contributed by atoms with van der Waals surface area (Å²) in [6.07, 6.45) is 1.24. The molecule has 2 aromatic carbocycles. The molecule has 4 nitrogen and oxygen atoms in total. The van der Waals surface area contributed by atoms with Gasteiger partial charge in [0.1, 0.15) is 0 Å². The summed E-state index contributed by atoms with van der Waals surface area (Å²) in [5.74, 6) is -0.884. The van der Waals surface area contributed by atoms with Crippen LogP contribution in [0.1, 0.15) is 0 Å². The number of nitrogens with one attached hydrogen (secondary N) is 1. The van der Waals surface area contributed by atoms with Gasteiger partial charge in [-0.1, -0.05) is 36.4 Å². The number of hydrogen-bond donors (Lipinski definition) is 1. The molecule has 0 aliphatic heterocycles. The fourth-order valence-corrected chi connectivity index (χ4v) is 3.17. The van der Waals surface area contributed by atoms with Gasteiger partial charge in [0.2, 0.25) is 5.03 Å². The van der Waals surface area contributed by atoms with E-state index in [0.29, 0.717) is 5.69 Å². The second kappa shape index (κ2) is 5.14. The maximum absolute atomic E-state index is 13.6. The van der Waals surface area contributed by atoms with Gasteiger partial charge in [-0.2, -0.15) is 8.42 Å². The third-order valence-corrected chi connectivity index (χ3v) is 4.31. The van der Waals surface area contributed by atoms with Crippen molar-refractivity contribution in [2.45, 2.75) is 5.03 Å². The topological polar surface area (TPSA) is 59.1 Å². The second-order valence-corrected chi connectivity index (χ2v) is 6.02. The maximum atomic E-state index is 13.6. The van der Waals surface area contributed by atoms with Crippen LogP contribution in [0.4, 0.5) is 10.1 Å².